The lowest BCUT2D eigenvalue weighted by Crippen LogP contribution is -2.27. The zero-order valence-corrected chi connectivity index (χ0v) is 11.3. The summed E-state index contributed by atoms with van der Waals surface area (Å²) in [5, 5.41) is 3.04. The molecular formula is C14H18N2O3. The van der Waals surface area contributed by atoms with Crippen LogP contribution in [-0.2, 0) is 9.63 Å². The van der Waals surface area contributed by atoms with Crippen molar-refractivity contribution in [1.82, 2.24) is 10.8 Å². The highest BCUT2D eigenvalue weighted by Crippen LogP contribution is 1.98. The summed E-state index contributed by atoms with van der Waals surface area (Å²) in [5.41, 5.74) is 3.20. The molecule has 5 heteroatoms. The predicted octanol–water partition coefficient (Wildman–Crippen LogP) is 1.78. The highest BCUT2D eigenvalue weighted by molar-refractivity contribution is 5.94. The minimum atomic E-state index is -0.630. The van der Waals surface area contributed by atoms with Crippen LogP contribution in [0.4, 0.5) is 0 Å². The van der Waals surface area contributed by atoms with Gasteiger partial charge in [-0.2, -0.15) is 5.48 Å². The van der Waals surface area contributed by atoms with Gasteiger partial charge in [-0.05, 0) is 32.9 Å². The van der Waals surface area contributed by atoms with Gasteiger partial charge in [-0.15, -0.1) is 0 Å². The third kappa shape index (κ3) is 5.72. The van der Waals surface area contributed by atoms with Crippen molar-refractivity contribution in [3.8, 4) is 0 Å². The Morgan fingerprint density at radius 2 is 1.84 bits per heavy atom. The normalized spacial score (nSPS) is 11.1. The zero-order valence-electron chi connectivity index (χ0n) is 11.3. The summed E-state index contributed by atoms with van der Waals surface area (Å²) in [6.45, 7) is 5.67. The number of nitrogens with one attached hydrogen (secondary N) is 2. The molecule has 0 aromatic heterocycles. The molecule has 0 saturated heterocycles. The Hall–Kier alpha value is -2.30. The van der Waals surface area contributed by atoms with Crippen LogP contribution in [-0.4, -0.2) is 17.9 Å². The van der Waals surface area contributed by atoms with Gasteiger partial charge >= 0.3 is 5.97 Å². The Bertz CT molecular complexity index is 467. The molecule has 0 aliphatic rings. The van der Waals surface area contributed by atoms with Crippen LogP contribution in [0.2, 0.25) is 0 Å². The predicted molar refractivity (Wildman–Crippen MR) is 72.0 cm³/mol. The molecule has 0 fully saturated rings. The number of amides is 1. The van der Waals surface area contributed by atoms with Crippen molar-refractivity contribution < 1.29 is 14.4 Å². The Labute approximate surface area is 112 Å². The molecular weight excluding hydrogens is 244 g/mol. The van der Waals surface area contributed by atoms with E-state index in [2.05, 4.69) is 15.6 Å². The van der Waals surface area contributed by atoms with Crippen molar-refractivity contribution in [2.45, 2.75) is 26.8 Å². The molecule has 1 amide bonds. The summed E-state index contributed by atoms with van der Waals surface area (Å²) >= 11 is 0. The Morgan fingerprint density at radius 3 is 2.42 bits per heavy atom. The molecule has 0 aliphatic carbocycles. The first-order chi connectivity index (χ1) is 8.99. The fourth-order valence-electron chi connectivity index (χ4n) is 1.45. The number of rotatable bonds is 4. The molecule has 0 spiro atoms. The molecule has 1 aromatic carbocycles. The lowest BCUT2D eigenvalue weighted by Gasteiger charge is -2.09. The van der Waals surface area contributed by atoms with Crippen LogP contribution in [0.25, 0.3) is 0 Å². The van der Waals surface area contributed by atoms with Crippen LogP contribution >= 0.6 is 0 Å². The quantitative estimate of drug-likeness (QED) is 0.641. The first-order valence-corrected chi connectivity index (χ1v) is 6.00. The third-order valence-electron chi connectivity index (χ3n) is 2.13. The van der Waals surface area contributed by atoms with Crippen molar-refractivity contribution in [3.05, 3.63) is 47.7 Å². The summed E-state index contributed by atoms with van der Waals surface area (Å²) in [6.07, 6.45) is 1.28. The second-order valence-corrected chi connectivity index (χ2v) is 4.34. The Balaban J connectivity index is 2.45. The van der Waals surface area contributed by atoms with Gasteiger partial charge in [0.2, 0.25) is 0 Å². The molecule has 1 rings (SSSR count). The highest BCUT2D eigenvalue weighted by Gasteiger charge is 2.07. The summed E-state index contributed by atoms with van der Waals surface area (Å²) in [7, 11) is 0. The first-order valence-electron chi connectivity index (χ1n) is 6.00. The standard InChI is InChI=1S/C14H18N2O3/c1-10(2)15-11(3)9-13(17)19-16-14(18)12-7-5-4-6-8-12/h4-10,15H,1-3H3,(H,16,18)/b11-9+. The van der Waals surface area contributed by atoms with Gasteiger partial charge in [0.05, 0.1) is 0 Å². The van der Waals surface area contributed by atoms with Crippen molar-refractivity contribution in [2.24, 2.45) is 0 Å². The van der Waals surface area contributed by atoms with Gasteiger partial charge in [0.1, 0.15) is 0 Å². The average molecular weight is 262 g/mol. The maximum Gasteiger partial charge on any atom is 0.357 e. The van der Waals surface area contributed by atoms with Crippen LogP contribution < -0.4 is 10.8 Å². The molecule has 0 bridgehead atoms. The van der Waals surface area contributed by atoms with E-state index in [9.17, 15) is 9.59 Å². The molecule has 0 heterocycles. The number of carbonyl (C=O) groups is 2. The van der Waals surface area contributed by atoms with E-state index >= 15 is 0 Å². The minimum absolute atomic E-state index is 0.225. The second-order valence-electron chi connectivity index (χ2n) is 4.34. The van der Waals surface area contributed by atoms with Gasteiger partial charge < -0.3 is 10.2 Å². The van der Waals surface area contributed by atoms with E-state index in [1.807, 2.05) is 13.8 Å². The number of allylic oxidation sites excluding steroid dienone is 1. The molecule has 0 saturated carbocycles. The smallest absolute Gasteiger partial charge is 0.357 e. The van der Waals surface area contributed by atoms with Crippen molar-refractivity contribution in [1.29, 1.82) is 0 Å². The molecule has 19 heavy (non-hydrogen) atoms. The molecule has 1 aromatic rings. The van der Waals surface area contributed by atoms with E-state index in [0.29, 0.717) is 11.3 Å². The molecule has 0 atom stereocenters. The third-order valence-corrected chi connectivity index (χ3v) is 2.13. The van der Waals surface area contributed by atoms with Crippen LogP contribution in [0.5, 0.6) is 0 Å². The molecule has 0 aliphatic heterocycles. The minimum Gasteiger partial charge on any atom is -0.386 e. The van der Waals surface area contributed by atoms with Gasteiger partial charge in [-0.3, -0.25) is 4.79 Å². The largest absolute Gasteiger partial charge is 0.386 e. The number of hydrogen-bond donors (Lipinski definition) is 2. The van der Waals surface area contributed by atoms with E-state index in [1.165, 1.54) is 6.08 Å². The SMILES string of the molecule is C/C(=C\C(=O)ONC(=O)c1ccccc1)NC(C)C. The van der Waals surface area contributed by atoms with Crippen LogP contribution in [0.15, 0.2) is 42.1 Å². The van der Waals surface area contributed by atoms with Crippen LogP contribution in [0.1, 0.15) is 31.1 Å². The maximum atomic E-state index is 11.6. The van der Waals surface area contributed by atoms with Gasteiger partial charge in [0, 0.05) is 23.4 Å². The molecule has 2 N–H and O–H groups in total. The lowest BCUT2D eigenvalue weighted by molar-refractivity contribution is -0.142. The van der Waals surface area contributed by atoms with Crippen molar-refractivity contribution >= 4 is 11.9 Å². The maximum absolute atomic E-state index is 11.6. The van der Waals surface area contributed by atoms with Crippen LogP contribution in [0, 0.1) is 0 Å². The number of carbonyl (C=O) groups excluding carboxylic acids is 2. The summed E-state index contributed by atoms with van der Waals surface area (Å²) in [4.78, 5) is 27.7. The Kier molecular flexibility index (Phi) is 5.60. The van der Waals surface area contributed by atoms with Gasteiger partial charge in [-0.25, -0.2) is 4.79 Å². The topological polar surface area (TPSA) is 67.4 Å². The average Bonchev–Trinajstić information content (AvgIpc) is 2.36. The monoisotopic (exact) mass is 262 g/mol. The lowest BCUT2D eigenvalue weighted by atomic mass is 10.2. The summed E-state index contributed by atoms with van der Waals surface area (Å²) in [6, 6.07) is 8.74. The van der Waals surface area contributed by atoms with Crippen LogP contribution in [0.3, 0.4) is 0 Å². The van der Waals surface area contributed by atoms with E-state index in [1.54, 1.807) is 37.3 Å². The molecule has 0 radical (unpaired) electrons. The van der Waals surface area contributed by atoms with Gasteiger partial charge in [-0.1, -0.05) is 18.2 Å². The number of hydroxylamine groups is 1. The van der Waals surface area contributed by atoms with E-state index in [-0.39, 0.29) is 6.04 Å². The van der Waals surface area contributed by atoms with Crippen molar-refractivity contribution in [2.75, 3.05) is 0 Å². The second kappa shape index (κ2) is 7.20. The fourth-order valence-corrected chi connectivity index (χ4v) is 1.45. The van der Waals surface area contributed by atoms with E-state index < -0.39 is 11.9 Å². The molecule has 5 nitrogen and oxygen atoms in total. The first kappa shape index (κ1) is 14.8. The van der Waals surface area contributed by atoms with E-state index in [0.717, 1.165) is 0 Å². The van der Waals surface area contributed by atoms with E-state index in [4.69, 9.17) is 0 Å². The zero-order chi connectivity index (χ0) is 14.3. The van der Waals surface area contributed by atoms with Crippen molar-refractivity contribution in [3.63, 3.8) is 0 Å². The highest BCUT2D eigenvalue weighted by atomic mass is 16.7. The summed E-state index contributed by atoms with van der Waals surface area (Å²) in [5.74, 6) is -1.09. The Morgan fingerprint density at radius 1 is 1.21 bits per heavy atom. The number of hydrogen-bond acceptors (Lipinski definition) is 4. The fraction of sp³-hybridized carbons (Fsp3) is 0.286. The number of benzene rings is 1. The van der Waals surface area contributed by atoms with Gasteiger partial charge in [0.15, 0.2) is 0 Å². The summed E-state index contributed by atoms with van der Waals surface area (Å²) < 4.78 is 0. The van der Waals surface area contributed by atoms with Gasteiger partial charge in [0.25, 0.3) is 5.91 Å². The molecule has 102 valence electrons. The molecule has 0 unspecified atom stereocenters.